The molecule has 2 fully saturated rings. The van der Waals surface area contributed by atoms with Gasteiger partial charge in [-0.25, -0.2) is 13.8 Å². The van der Waals surface area contributed by atoms with Crippen molar-refractivity contribution in [1.82, 2.24) is 19.3 Å². The maximum absolute atomic E-state index is 14.5. The first kappa shape index (κ1) is 25.2. The van der Waals surface area contributed by atoms with Crippen LogP contribution in [0.15, 0.2) is 41.5 Å². The maximum Gasteiger partial charge on any atom is 0.264 e. The van der Waals surface area contributed by atoms with Crippen molar-refractivity contribution in [2.45, 2.75) is 51.2 Å². The van der Waals surface area contributed by atoms with Gasteiger partial charge in [0, 0.05) is 73.8 Å². The van der Waals surface area contributed by atoms with E-state index in [1.54, 1.807) is 48.7 Å². The fourth-order valence-electron chi connectivity index (χ4n) is 6.61. The minimum Gasteiger partial charge on any atom is -0.371 e. The number of nitrogens with zero attached hydrogens (tertiary/aromatic N) is 6. The van der Waals surface area contributed by atoms with Crippen LogP contribution in [0, 0.1) is 6.92 Å². The molecule has 0 saturated carbocycles. The number of morpholine rings is 1. The van der Waals surface area contributed by atoms with Crippen LogP contribution in [0.1, 0.15) is 42.4 Å². The molecule has 2 bridgehead atoms. The molecule has 6 heterocycles. The predicted octanol–water partition coefficient (Wildman–Crippen LogP) is 5.03. The van der Waals surface area contributed by atoms with Crippen LogP contribution in [0.3, 0.4) is 0 Å². The summed E-state index contributed by atoms with van der Waals surface area (Å²) in [4.78, 5) is 22.5. The minimum absolute atomic E-state index is 0.0209. The average molecular weight is 547 g/mol. The quantitative estimate of drug-likeness (QED) is 0.358. The van der Waals surface area contributed by atoms with Gasteiger partial charge in [-0.2, -0.15) is 5.10 Å². The van der Waals surface area contributed by atoms with Crippen molar-refractivity contribution >= 4 is 28.2 Å². The van der Waals surface area contributed by atoms with Crippen LogP contribution in [0.4, 0.5) is 26.1 Å². The number of halogens is 2. The summed E-state index contributed by atoms with van der Waals surface area (Å²) < 4.78 is 38.3. The van der Waals surface area contributed by atoms with Crippen LogP contribution >= 0.6 is 0 Å². The monoisotopic (exact) mass is 546 g/mol. The first-order chi connectivity index (χ1) is 19.3. The number of alkyl halides is 2. The third-order valence-corrected chi connectivity index (χ3v) is 8.61. The number of anilines is 3. The van der Waals surface area contributed by atoms with E-state index >= 15 is 0 Å². The number of ether oxygens (including phenoxy) is 1. The number of aromatic nitrogens is 4. The molecular formula is C30H32F2N6O2. The highest BCUT2D eigenvalue weighted by molar-refractivity contribution is 5.95. The topological polar surface area (TPSA) is 68.4 Å². The Hall–Kier alpha value is -3.79. The van der Waals surface area contributed by atoms with Crippen molar-refractivity contribution in [3.05, 3.63) is 63.7 Å². The molecular weight excluding hydrogens is 514 g/mol. The average Bonchev–Trinajstić information content (AvgIpc) is 3.54. The van der Waals surface area contributed by atoms with Gasteiger partial charge in [-0.15, -0.1) is 0 Å². The molecule has 2 saturated heterocycles. The van der Waals surface area contributed by atoms with Gasteiger partial charge in [0.2, 0.25) is 0 Å². The Bertz CT molecular complexity index is 1680. The molecule has 3 aliphatic rings. The maximum atomic E-state index is 14.5. The molecule has 4 aromatic rings. The first-order valence-electron chi connectivity index (χ1n) is 13.9. The molecule has 208 valence electrons. The predicted molar refractivity (Wildman–Crippen MR) is 151 cm³/mol. The van der Waals surface area contributed by atoms with Crippen LogP contribution in [0.5, 0.6) is 0 Å². The van der Waals surface area contributed by atoms with Crippen LogP contribution in [0.25, 0.3) is 22.0 Å². The second kappa shape index (κ2) is 9.40. The molecule has 0 aliphatic carbocycles. The van der Waals surface area contributed by atoms with E-state index in [0.29, 0.717) is 29.1 Å². The van der Waals surface area contributed by atoms with E-state index < -0.39 is 6.43 Å². The molecule has 10 heteroatoms. The highest BCUT2D eigenvalue weighted by Crippen LogP contribution is 2.43. The van der Waals surface area contributed by atoms with Gasteiger partial charge >= 0.3 is 0 Å². The van der Waals surface area contributed by atoms with Crippen LogP contribution in [-0.4, -0.2) is 51.2 Å². The number of pyridine rings is 2. The SMILES string of the molecule is Cc1cc2c(N3CCCc4cc(-c5cnn(C)c5)c(C(F)F)cc43)nc(N3CC4CCC(C3)O4)cc2n(C)c1=O. The van der Waals surface area contributed by atoms with E-state index in [4.69, 9.17) is 9.72 Å². The Morgan fingerprint density at radius 2 is 1.85 bits per heavy atom. The van der Waals surface area contributed by atoms with E-state index in [9.17, 15) is 13.6 Å². The number of rotatable bonds is 4. The van der Waals surface area contributed by atoms with Crippen molar-refractivity contribution in [1.29, 1.82) is 0 Å². The van der Waals surface area contributed by atoms with Gasteiger partial charge < -0.3 is 19.1 Å². The zero-order chi connectivity index (χ0) is 27.7. The molecule has 1 aromatic carbocycles. The number of benzene rings is 1. The van der Waals surface area contributed by atoms with Crippen molar-refractivity contribution in [3.63, 3.8) is 0 Å². The molecule has 0 radical (unpaired) electrons. The van der Waals surface area contributed by atoms with Gasteiger partial charge in [-0.3, -0.25) is 9.48 Å². The summed E-state index contributed by atoms with van der Waals surface area (Å²) in [5.41, 5.74) is 4.25. The summed E-state index contributed by atoms with van der Waals surface area (Å²) in [5.74, 6) is 1.48. The molecule has 0 N–H and O–H groups in total. The molecule has 8 nitrogen and oxygen atoms in total. The van der Waals surface area contributed by atoms with Gasteiger partial charge in [0.1, 0.15) is 11.6 Å². The van der Waals surface area contributed by atoms with Gasteiger partial charge in [0.15, 0.2) is 0 Å². The minimum atomic E-state index is -2.65. The highest BCUT2D eigenvalue weighted by Gasteiger charge is 2.35. The van der Waals surface area contributed by atoms with E-state index in [0.717, 1.165) is 66.7 Å². The highest BCUT2D eigenvalue weighted by atomic mass is 19.3. The number of hydrogen-bond acceptors (Lipinski definition) is 6. The lowest BCUT2D eigenvalue weighted by Gasteiger charge is -2.36. The molecule has 3 aromatic heterocycles. The second-order valence-electron chi connectivity index (χ2n) is 11.3. The summed E-state index contributed by atoms with van der Waals surface area (Å²) in [5, 5.41) is 5.04. The van der Waals surface area contributed by atoms with E-state index in [1.165, 1.54) is 0 Å². The fourth-order valence-corrected chi connectivity index (χ4v) is 6.61. The summed E-state index contributed by atoms with van der Waals surface area (Å²) in [6.07, 6.45) is 4.82. The third-order valence-electron chi connectivity index (χ3n) is 8.61. The standard InChI is InChI=1S/C30H32F2N6O2/c1-17-9-24-26(36(3)30(17)39)12-27(37-15-20-6-7-21(16-37)40-20)34-29(24)38-8-4-5-18-10-22(19-13-33-35(2)14-19)23(28(31)32)11-25(18)38/h9-14,20-21,28H,4-8,15-16H2,1-3H3. The lowest BCUT2D eigenvalue weighted by atomic mass is 9.93. The van der Waals surface area contributed by atoms with Crippen molar-refractivity contribution in [3.8, 4) is 11.1 Å². The van der Waals surface area contributed by atoms with E-state index in [-0.39, 0.29) is 23.3 Å². The molecule has 2 atom stereocenters. The molecule has 7 rings (SSSR count). The zero-order valence-corrected chi connectivity index (χ0v) is 22.9. The second-order valence-corrected chi connectivity index (χ2v) is 11.3. The Morgan fingerprint density at radius 1 is 1.07 bits per heavy atom. The van der Waals surface area contributed by atoms with Crippen LogP contribution in [-0.2, 0) is 25.3 Å². The molecule has 40 heavy (non-hydrogen) atoms. The lowest BCUT2D eigenvalue weighted by Crippen LogP contribution is -2.43. The summed E-state index contributed by atoms with van der Waals surface area (Å²) in [6.45, 7) is 3.94. The Kier molecular flexibility index (Phi) is 5.92. The van der Waals surface area contributed by atoms with Crippen molar-refractivity contribution in [2.75, 3.05) is 29.4 Å². The van der Waals surface area contributed by atoms with E-state index in [1.807, 2.05) is 18.2 Å². The Morgan fingerprint density at radius 3 is 2.55 bits per heavy atom. The zero-order valence-electron chi connectivity index (χ0n) is 22.9. The molecule has 3 aliphatic heterocycles. The number of hydrogen-bond donors (Lipinski definition) is 0. The van der Waals surface area contributed by atoms with Gasteiger partial charge in [0.05, 0.1) is 23.9 Å². The third kappa shape index (κ3) is 4.08. The molecule has 0 amide bonds. The number of fused-ring (bicyclic) bond motifs is 4. The van der Waals surface area contributed by atoms with Gasteiger partial charge in [-0.05, 0) is 61.9 Å². The molecule has 2 unspecified atom stereocenters. The molecule has 0 spiro atoms. The van der Waals surface area contributed by atoms with Crippen molar-refractivity contribution < 1.29 is 13.5 Å². The first-order valence-corrected chi connectivity index (χ1v) is 13.9. The lowest BCUT2D eigenvalue weighted by molar-refractivity contribution is 0.0302. The summed E-state index contributed by atoms with van der Waals surface area (Å²) >= 11 is 0. The van der Waals surface area contributed by atoms with Crippen LogP contribution < -0.4 is 15.4 Å². The van der Waals surface area contributed by atoms with Crippen LogP contribution in [0.2, 0.25) is 0 Å². The Balaban J connectivity index is 1.42. The number of aryl methyl sites for hydroxylation is 4. The summed E-state index contributed by atoms with van der Waals surface area (Å²) in [6, 6.07) is 7.41. The van der Waals surface area contributed by atoms with Gasteiger partial charge in [-0.1, -0.05) is 0 Å². The normalized spacial score (nSPS) is 20.6. The smallest absolute Gasteiger partial charge is 0.264 e. The Labute approximate surface area is 230 Å². The fraction of sp³-hybridized carbons (Fsp3) is 0.433. The van der Waals surface area contributed by atoms with Gasteiger partial charge in [0.25, 0.3) is 12.0 Å². The summed E-state index contributed by atoms with van der Waals surface area (Å²) in [7, 11) is 3.57. The van der Waals surface area contributed by atoms with Crippen molar-refractivity contribution in [2.24, 2.45) is 14.1 Å². The van der Waals surface area contributed by atoms with E-state index in [2.05, 4.69) is 14.9 Å². The largest absolute Gasteiger partial charge is 0.371 e.